The minimum Gasteiger partial charge on any atom is -0.491 e. The standard InChI is InChI=1S/C22H18N4O2/c23-12-17-16(15-6-2-4-8-21(15)28-10-9-27)11-20(26-22(17)24)18-13-25-19-7-3-1-5-14(18)19/h1-8,11,13,25,27H,9-10H2,(H2,24,26). The zero-order valence-electron chi connectivity index (χ0n) is 15.0. The Morgan fingerprint density at radius 1 is 1.07 bits per heavy atom. The van der Waals surface area contributed by atoms with Crippen molar-refractivity contribution in [1.82, 2.24) is 9.97 Å². The summed E-state index contributed by atoms with van der Waals surface area (Å²) >= 11 is 0. The third-order valence-corrected chi connectivity index (χ3v) is 4.55. The number of H-pyrrole nitrogens is 1. The summed E-state index contributed by atoms with van der Waals surface area (Å²) in [5.41, 5.74) is 10.4. The van der Waals surface area contributed by atoms with E-state index in [-0.39, 0.29) is 19.0 Å². The Morgan fingerprint density at radius 3 is 2.68 bits per heavy atom. The molecule has 2 aromatic carbocycles. The summed E-state index contributed by atoms with van der Waals surface area (Å²) in [6.45, 7) is 0.0628. The van der Waals surface area contributed by atoms with E-state index in [1.54, 1.807) is 6.07 Å². The van der Waals surface area contributed by atoms with Gasteiger partial charge in [-0.1, -0.05) is 36.4 Å². The summed E-state index contributed by atoms with van der Waals surface area (Å²) in [5.74, 6) is 0.737. The summed E-state index contributed by atoms with van der Waals surface area (Å²) in [6.07, 6.45) is 1.89. The van der Waals surface area contributed by atoms with Crippen molar-refractivity contribution >= 4 is 16.7 Å². The monoisotopic (exact) mass is 370 g/mol. The second kappa shape index (κ2) is 7.43. The maximum Gasteiger partial charge on any atom is 0.142 e. The van der Waals surface area contributed by atoms with Crippen molar-refractivity contribution in [3.63, 3.8) is 0 Å². The number of hydrogen-bond acceptors (Lipinski definition) is 5. The van der Waals surface area contributed by atoms with Gasteiger partial charge in [-0.05, 0) is 18.2 Å². The number of fused-ring (bicyclic) bond motifs is 1. The van der Waals surface area contributed by atoms with Crippen LogP contribution in [0.25, 0.3) is 33.3 Å². The molecule has 2 aromatic heterocycles. The Morgan fingerprint density at radius 2 is 1.86 bits per heavy atom. The van der Waals surface area contributed by atoms with E-state index in [0.29, 0.717) is 22.6 Å². The van der Waals surface area contributed by atoms with Crippen LogP contribution in [0.2, 0.25) is 0 Å². The average Bonchev–Trinajstić information content (AvgIpc) is 3.16. The topological polar surface area (TPSA) is 108 Å². The molecule has 0 aliphatic carbocycles. The zero-order valence-corrected chi connectivity index (χ0v) is 15.0. The number of aliphatic hydroxyl groups excluding tert-OH is 1. The van der Waals surface area contributed by atoms with E-state index in [9.17, 15) is 5.26 Å². The van der Waals surface area contributed by atoms with Crippen LogP contribution in [-0.4, -0.2) is 28.3 Å². The minimum absolute atomic E-state index is 0.0987. The smallest absolute Gasteiger partial charge is 0.142 e. The Bertz CT molecular complexity index is 1190. The van der Waals surface area contributed by atoms with Gasteiger partial charge in [0.2, 0.25) is 0 Å². The maximum absolute atomic E-state index is 9.66. The van der Waals surface area contributed by atoms with E-state index in [0.717, 1.165) is 22.0 Å². The fourth-order valence-electron chi connectivity index (χ4n) is 3.29. The van der Waals surface area contributed by atoms with Gasteiger partial charge in [-0.15, -0.1) is 0 Å². The van der Waals surface area contributed by atoms with Crippen molar-refractivity contribution < 1.29 is 9.84 Å². The molecule has 6 nitrogen and oxygen atoms in total. The molecule has 0 amide bonds. The van der Waals surface area contributed by atoms with Crippen molar-refractivity contribution in [3.8, 4) is 34.2 Å². The number of nitrogen functional groups attached to an aromatic ring is 1. The highest BCUT2D eigenvalue weighted by molar-refractivity contribution is 5.96. The first-order valence-corrected chi connectivity index (χ1v) is 8.83. The number of nitrogens with one attached hydrogen (secondary N) is 1. The number of nitriles is 1. The van der Waals surface area contributed by atoms with Crippen molar-refractivity contribution in [2.45, 2.75) is 0 Å². The van der Waals surface area contributed by atoms with Gasteiger partial charge in [-0.3, -0.25) is 0 Å². The quantitative estimate of drug-likeness (QED) is 0.496. The number of pyridine rings is 1. The van der Waals surface area contributed by atoms with Gasteiger partial charge in [0, 0.05) is 33.8 Å². The Balaban J connectivity index is 1.93. The molecule has 0 spiro atoms. The third-order valence-electron chi connectivity index (χ3n) is 4.55. The predicted molar refractivity (Wildman–Crippen MR) is 109 cm³/mol. The second-order valence-electron chi connectivity index (χ2n) is 6.24. The molecule has 4 aromatic rings. The lowest BCUT2D eigenvalue weighted by Crippen LogP contribution is -2.04. The van der Waals surface area contributed by atoms with Crippen LogP contribution in [0, 0.1) is 11.3 Å². The number of aliphatic hydroxyl groups is 1. The zero-order chi connectivity index (χ0) is 19.5. The number of nitrogens with two attached hydrogens (primary N) is 1. The van der Waals surface area contributed by atoms with Gasteiger partial charge in [-0.25, -0.2) is 4.98 Å². The largest absolute Gasteiger partial charge is 0.491 e. The Labute approximate surface area is 161 Å². The number of aromatic nitrogens is 2. The molecule has 0 fully saturated rings. The van der Waals surface area contributed by atoms with Crippen LogP contribution in [-0.2, 0) is 0 Å². The molecule has 28 heavy (non-hydrogen) atoms. The van der Waals surface area contributed by atoms with E-state index >= 15 is 0 Å². The molecule has 2 heterocycles. The normalized spacial score (nSPS) is 10.7. The van der Waals surface area contributed by atoms with Gasteiger partial charge in [0.25, 0.3) is 0 Å². The van der Waals surface area contributed by atoms with Crippen LogP contribution in [0.3, 0.4) is 0 Å². The molecule has 4 rings (SSSR count). The highest BCUT2D eigenvalue weighted by atomic mass is 16.5. The maximum atomic E-state index is 9.66. The van der Waals surface area contributed by atoms with E-state index in [2.05, 4.69) is 16.0 Å². The Kier molecular flexibility index (Phi) is 4.67. The van der Waals surface area contributed by atoms with Crippen molar-refractivity contribution in [2.24, 2.45) is 0 Å². The molecular weight excluding hydrogens is 352 g/mol. The number of para-hydroxylation sites is 2. The van der Waals surface area contributed by atoms with Crippen molar-refractivity contribution in [2.75, 3.05) is 18.9 Å². The molecule has 0 radical (unpaired) electrons. The number of rotatable bonds is 5. The molecule has 0 aliphatic rings. The van der Waals surface area contributed by atoms with E-state index in [1.807, 2.05) is 54.7 Å². The van der Waals surface area contributed by atoms with Crippen molar-refractivity contribution in [1.29, 1.82) is 5.26 Å². The van der Waals surface area contributed by atoms with Gasteiger partial charge >= 0.3 is 0 Å². The number of aromatic amines is 1. The first kappa shape index (κ1) is 17.6. The van der Waals surface area contributed by atoms with Gasteiger partial charge in [-0.2, -0.15) is 5.26 Å². The number of nitrogens with zero attached hydrogens (tertiary/aromatic N) is 2. The van der Waals surface area contributed by atoms with Gasteiger partial charge in [0.1, 0.15) is 29.8 Å². The summed E-state index contributed by atoms with van der Waals surface area (Å²) < 4.78 is 5.65. The third kappa shape index (κ3) is 3.04. The van der Waals surface area contributed by atoms with Gasteiger partial charge in [0.15, 0.2) is 0 Å². The summed E-state index contributed by atoms with van der Waals surface area (Å²) in [4.78, 5) is 7.70. The first-order chi connectivity index (χ1) is 13.7. The SMILES string of the molecule is N#Cc1c(-c2ccccc2OCCO)cc(-c2c[nH]c3ccccc23)nc1N. The minimum atomic E-state index is -0.0987. The summed E-state index contributed by atoms with van der Waals surface area (Å²) in [6, 6.07) is 19.3. The average molecular weight is 370 g/mol. The molecule has 0 atom stereocenters. The van der Waals surface area contributed by atoms with Crippen LogP contribution in [0.15, 0.2) is 60.8 Å². The van der Waals surface area contributed by atoms with E-state index in [1.165, 1.54) is 0 Å². The van der Waals surface area contributed by atoms with Crippen LogP contribution >= 0.6 is 0 Å². The van der Waals surface area contributed by atoms with E-state index in [4.69, 9.17) is 15.6 Å². The lowest BCUT2D eigenvalue weighted by atomic mass is 9.97. The summed E-state index contributed by atoms with van der Waals surface area (Å²) in [7, 11) is 0. The van der Waals surface area contributed by atoms with Crippen LogP contribution < -0.4 is 10.5 Å². The van der Waals surface area contributed by atoms with Crippen LogP contribution in [0.1, 0.15) is 5.56 Å². The van der Waals surface area contributed by atoms with E-state index < -0.39 is 0 Å². The molecule has 0 bridgehead atoms. The fraction of sp³-hybridized carbons (Fsp3) is 0.0909. The fourth-order valence-corrected chi connectivity index (χ4v) is 3.29. The number of ether oxygens (including phenoxy) is 1. The molecule has 6 heteroatoms. The molecular formula is C22H18N4O2. The first-order valence-electron chi connectivity index (χ1n) is 8.83. The lowest BCUT2D eigenvalue weighted by molar-refractivity contribution is 0.202. The molecule has 0 saturated carbocycles. The van der Waals surface area contributed by atoms with Gasteiger partial charge in [0.05, 0.1) is 12.3 Å². The number of hydrogen-bond donors (Lipinski definition) is 3. The molecule has 0 unspecified atom stereocenters. The highest BCUT2D eigenvalue weighted by Gasteiger charge is 2.18. The molecule has 0 aliphatic heterocycles. The van der Waals surface area contributed by atoms with Crippen molar-refractivity contribution in [3.05, 3.63) is 66.4 Å². The second-order valence-corrected chi connectivity index (χ2v) is 6.24. The van der Waals surface area contributed by atoms with Crippen LogP contribution in [0.4, 0.5) is 5.82 Å². The van der Waals surface area contributed by atoms with Crippen LogP contribution in [0.5, 0.6) is 5.75 Å². The molecule has 4 N–H and O–H groups in total. The van der Waals surface area contributed by atoms with Gasteiger partial charge < -0.3 is 20.6 Å². The summed E-state index contributed by atoms with van der Waals surface area (Å²) in [5, 5.41) is 19.8. The highest BCUT2D eigenvalue weighted by Crippen LogP contribution is 2.37. The molecule has 138 valence electrons. The molecule has 0 saturated heterocycles. The number of benzene rings is 2. The number of anilines is 1. The Hall–Kier alpha value is -3.82. The predicted octanol–water partition coefficient (Wildman–Crippen LogP) is 3.72. The lowest BCUT2D eigenvalue weighted by Gasteiger charge is -2.14.